The maximum Gasteiger partial charge on any atom is 0.259 e. The van der Waals surface area contributed by atoms with Gasteiger partial charge in [-0.15, -0.1) is 0 Å². The van der Waals surface area contributed by atoms with E-state index < -0.39 is 17.7 Å². The van der Waals surface area contributed by atoms with Crippen LogP contribution >= 0.6 is 0 Å². The number of amides is 1. The molecule has 1 N–H and O–H groups in total. The molecule has 0 atom stereocenters. The molecule has 92 valence electrons. The second-order valence-electron chi connectivity index (χ2n) is 3.74. The molecule has 0 bridgehead atoms. The van der Waals surface area contributed by atoms with Gasteiger partial charge >= 0.3 is 0 Å². The minimum Gasteiger partial charge on any atom is -0.306 e. The van der Waals surface area contributed by atoms with Gasteiger partial charge in [-0.25, -0.2) is 9.37 Å². The Bertz CT molecular complexity index is 599. The fourth-order valence-electron chi connectivity index (χ4n) is 1.48. The number of pyridine rings is 1. The van der Waals surface area contributed by atoms with Crippen molar-refractivity contribution in [3.63, 3.8) is 0 Å². The standard InChI is InChI=1S/C13H10F2N2O/c1-8-4-2-5-9(12(8)15)13(18)17-11-7-3-6-10(14)16-11/h2-7H,1H3,(H,16,17,18). The summed E-state index contributed by atoms with van der Waals surface area (Å²) in [7, 11) is 0. The molecule has 0 aliphatic carbocycles. The van der Waals surface area contributed by atoms with Gasteiger partial charge in [-0.3, -0.25) is 4.79 Å². The predicted molar refractivity (Wildman–Crippen MR) is 63.3 cm³/mol. The van der Waals surface area contributed by atoms with Crippen molar-refractivity contribution >= 4 is 11.7 Å². The fourth-order valence-corrected chi connectivity index (χ4v) is 1.48. The quantitative estimate of drug-likeness (QED) is 0.830. The molecule has 0 saturated carbocycles. The highest BCUT2D eigenvalue weighted by Crippen LogP contribution is 2.14. The molecule has 0 aliphatic heterocycles. The van der Waals surface area contributed by atoms with Crippen molar-refractivity contribution in [3.8, 4) is 0 Å². The topological polar surface area (TPSA) is 42.0 Å². The first-order valence-electron chi connectivity index (χ1n) is 5.27. The van der Waals surface area contributed by atoms with Crippen molar-refractivity contribution in [2.24, 2.45) is 0 Å². The van der Waals surface area contributed by atoms with Gasteiger partial charge in [-0.2, -0.15) is 4.39 Å². The summed E-state index contributed by atoms with van der Waals surface area (Å²) in [6.45, 7) is 1.56. The zero-order chi connectivity index (χ0) is 13.1. The number of carbonyl (C=O) groups excluding carboxylic acids is 1. The Hall–Kier alpha value is -2.30. The number of hydrogen-bond acceptors (Lipinski definition) is 2. The Balaban J connectivity index is 2.25. The summed E-state index contributed by atoms with van der Waals surface area (Å²) < 4.78 is 26.5. The number of anilines is 1. The predicted octanol–water partition coefficient (Wildman–Crippen LogP) is 2.92. The van der Waals surface area contributed by atoms with E-state index in [2.05, 4.69) is 10.3 Å². The molecule has 5 heteroatoms. The molecule has 1 aromatic heterocycles. The lowest BCUT2D eigenvalue weighted by Crippen LogP contribution is -2.15. The van der Waals surface area contributed by atoms with Crippen molar-refractivity contribution in [3.05, 3.63) is 59.3 Å². The van der Waals surface area contributed by atoms with Crippen molar-refractivity contribution in [1.29, 1.82) is 0 Å². The van der Waals surface area contributed by atoms with Crippen LogP contribution in [0.1, 0.15) is 15.9 Å². The summed E-state index contributed by atoms with van der Waals surface area (Å²) in [4.78, 5) is 15.3. The van der Waals surface area contributed by atoms with E-state index in [1.54, 1.807) is 19.1 Å². The number of aromatic nitrogens is 1. The summed E-state index contributed by atoms with van der Waals surface area (Å²) in [6, 6.07) is 8.48. The van der Waals surface area contributed by atoms with Crippen LogP contribution in [0.3, 0.4) is 0 Å². The van der Waals surface area contributed by atoms with Gasteiger partial charge in [0, 0.05) is 0 Å². The number of nitrogens with zero attached hydrogens (tertiary/aromatic N) is 1. The maximum atomic E-state index is 13.7. The van der Waals surface area contributed by atoms with Gasteiger partial charge in [0.05, 0.1) is 5.56 Å². The van der Waals surface area contributed by atoms with Crippen LogP contribution in [0.5, 0.6) is 0 Å². The SMILES string of the molecule is Cc1cccc(C(=O)Nc2cccc(F)n2)c1F. The molecule has 0 spiro atoms. The number of hydrogen-bond donors (Lipinski definition) is 1. The third-order valence-electron chi connectivity index (χ3n) is 2.39. The summed E-state index contributed by atoms with van der Waals surface area (Å²) in [5.41, 5.74) is 0.274. The number of carbonyl (C=O) groups is 1. The van der Waals surface area contributed by atoms with E-state index in [9.17, 15) is 13.6 Å². The number of benzene rings is 1. The molecule has 0 unspecified atom stereocenters. The third kappa shape index (κ3) is 2.51. The molecule has 0 saturated heterocycles. The lowest BCUT2D eigenvalue weighted by molar-refractivity contribution is 0.102. The van der Waals surface area contributed by atoms with Crippen molar-refractivity contribution in [2.45, 2.75) is 6.92 Å². The Morgan fingerprint density at radius 1 is 1.17 bits per heavy atom. The van der Waals surface area contributed by atoms with Crippen molar-refractivity contribution in [1.82, 2.24) is 4.98 Å². The Kier molecular flexibility index (Phi) is 3.32. The van der Waals surface area contributed by atoms with Gasteiger partial charge in [0.1, 0.15) is 11.6 Å². The van der Waals surface area contributed by atoms with Crippen LogP contribution in [0.25, 0.3) is 0 Å². The zero-order valence-corrected chi connectivity index (χ0v) is 9.58. The lowest BCUT2D eigenvalue weighted by atomic mass is 10.1. The van der Waals surface area contributed by atoms with E-state index in [0.29, 0.717) is 5.56 Å². The van der Waals surface area contributed by atoms with Gasteiger partial charge in [0.2, 0.25) is 5.95 Å². The van der Waals surface area contributed by atoms with Crippen LogP contribution < -0.4 is 5.32 Å². The summed E-state index contributed by atoms with van der Waals surface area (Å²) in [5, 5.41) is 2.34. The molecular formula is C13H10F2N2O. The molecule has 0 aliphatic rings. The third-order valence-corrected chi connectivity index (χ3v) is 2.39. The second kappa shape index (κ2) is 4.91. The average Bonchev–Trinajstić information content (AvgIpc) is 2.32. The number of nitrogens with one attached hydrogen (secondary N) is 1. The van der Waals surface area contributed by atoms with E-state index >= 15 is 0 Å². The Morgan fingerprint density at radius 3 is 2.61 bits per heavy atom. The van der Waals surface area contributed by atoms with Crippen LogP contribution in [0.2, 0.25) is 0 Å². The monoisotopic (exact) mass is 248 g/mol. The van der Waals surface area contributed by atoms with Crippen molar-refractivity contribution < 1.29 is 13.6 Å². The first-order valence-corrected chi connectivity index (χ1v) is 5.27. The molecule has 2 rings (SSSR count). The minimum absolute atomic E-state index is 0.0425. The molecule has 3 nitrogen and oxygen atoms in total. The molecule has 0 fully saturated rings. The molecule has 0 radical (unpaired) electrons. The van der Waals surface area contributed by atoms with Crippen LogP contribution in [0.15, 0.2) is 36.4 Å². The van der Waals surface area contributed by atoms with Gasteiger partial charge in [0.25, 0.3) is 5.91 Å². The van der Waals surface area contributed by atoms with E-state index in [4.69, 9.17) is 0 Å². The van der Waals surface area contributed by atoms with E-state index in [1.807, 2.05) is 0 Å². The summed E-state index contributed by atoms with van der Waals surface area (Å²) in [6.07, 6.45) is 0. The first kappa shape index (κ1) is 12.2. The highest BCUT2D eigenvalue weighted by Gasteiger charge is 2.13. The van der Waals surface area contributed by atoms with Gasteiger partial charge in [-0.1, -0.05) is 18.2 Å². The van der Waals surface area contributed by atoms with Crippen LogP contribution in [0.4, 0.5) is 14.6 Å². The minimum atomic E-state index is -0.711. The van der Waals surface area contributed by atoms with E-state index in [-0.39, 0.29) is 11.4 Å². The number of aryl methyl sites for hydroxylation is 1. The fraction of sp³-hybridized carbons (Fsp3) is 0.0769. The molecule has 2 aromatic rings. The molecule has 18 heavy (non-hydrogen) atoms. The molecule has 1 heterocycles. The van der Waals surface area contributed by atoms with E-state index in [0.717, 1.165) is 6.07 Å². The maximum absolute atomic E-state index is 13.7. The number of rotatable bonds is 2. The average molecular weight is 248 g/mol. The van der Waals surface area contributed by atoms with Crippen LogP contribution in [0, 0.1) is 18.7 Å². The normalized spacial score (nSPS) is 10.2. The molecular weight excluding hydrogens is 238 g/mol. The van der Waals surface area contributed by atoms with E-state index in [1.165, 1.54) is 18.2 Å². The first-order chi connectivity index (χ1) is 8.58. The smallest absolute Gasteiger partial charge is 0.259 e. The lowest BCUT2D eigenvalue weighted by Gasteiger charge is -2.06. The Morgan fingerprint density at radius 2 is 1.89 bits per heavy atom. The van der Waals surface area contributed by atoms with Gasteiger partial charge in [-0.05, 0) is 30.7 Å². The summed E-state index contributed by atoms with van der Waals surface area (Å²) >= 11 is 0. The van der Waals surface area contributed by atoms with Gasteiger partial charge in [0.15, 0.2) is 0 Å². The van der Waals surface area contributed by atoms with Crippen LogP contribution in [-0.4, -0.2) is 10.9 Å². The zero-order valence-electron chi connectivity index (χ0n) is 9.58. The number of halogens is 2. The largest absolute Gasteiger partial charge is 0.306 e. The van der Waals surface area contributed by atoms with Gasteiger partial charge < -0.3 is 5.32 Å². The highest BCUT2D eigenvalue weighted by atomic mass is 19.1. The highest BCUT2D eigenvalue weighted by molar-refractivity contribution is 6.04. The second-order valence-corrected chi connectivity index (χ2v) is 3.74. The molecule has 1 aromatic carbocycles. The Labute approximate surface area is 102 Å². The van der Waals surface area contributed by atoms with Crippen LogP contribution in [-0.2, 0) is 0 Å². The molecule has 1 amide bonds. The summed E-state index contributed by atoms with van der Waals surface area (Å²) in [5.74, 6) is -1.92. The van der Waals surface area contributed by atoms with Crippen molar-refractivity contribution in [2.75, 3.05) is 5.32 Å².